The number of benzene rings is 1. The van der Waals surface area contributed by atoms with Crippen LogP contribution in [0.2, 0.25) is 5.02 Å². The van der Waals surface area contributed by atoms with E-state index in [1.807, 2.05) is 12.1 Å². The zero-order chi connectivity index (χ0) is 14.5. The molecule has 0 fully saturated rings. The minimum absolute atomic E-state index is 0.150. The van der Waals surface area contributed by atoms with Crippen molar-refractivity contribution >= 4 is 11.6 Å². The molecule has 0 radical (unpaired) electrons. The first-order valence-corrected chi connectivity index (χ1v) is 7.67. The Bertz CT molecular complexity index is 379. The minimum atomic E-state index is 0.150. The lowest BCUT2D eigenvalue weighted by atomic mass is 9.90. The van der Waals surface area contributed by atoms with Gasteiger partial charge in [-0.05, 0) is 50.7 Å². The molecule has 2 heteroatoms. The van der Waals surface area contributed by atoms with Gasteiger partial charge in [0.15, 0.2) is 0 Å². The van der Waals surface area contributed by atoms with Crippen LogP contribution in [0, 0.1) is 5.92 Å². The first kappa shape index (κ1) is 16.5. The Morgan fingerprint density at radius 1 is 1.11 bits per heavy atom. The Morgan fingerprint density at radius 2 is 1.74 bits per heavy atom. The van der Waals surface area contributed by atoms with Crippen molar-refractivity contribution in [3.63, 3.8) is 0 Å². The van der Waals surface area contributed by atoms with Crippen molar-refractivity contribution in [3.05, 3.63) is 34.9 Å². The van der Waals surface area contributed by atoms with Crippen LogP contribution in [-0.4, -0.2) is 12.1 Å². The van der Waals surface area contributed by atoms with Crippen LogP contribution in [-0.2, 0) is 0 Å². The quantitative estimate of drug-likeness (QED) is 0.751. The third-order valence-electron chi connectivity index (χ3n) is 3.32. The van der Waals surface area contributed by atoms with E-state index in [-0.39, 0.29) is 5.54 Å². The van der Waals surface area contributed by atoms with Gasteiger partial charge in [0, 0.05) is 17.1 Å². The van der Waals surface area contributed by atoms with Crippen molar-refractivity contribution in [2.24, 2.45) is 5.92 Å². The lowest BCUT2D eigenvalue weighted by molar-refractivity contribution is 0.387. The summed E-state index contributed by atoms with van der Waals surface area (Å²) in [6.07, 6.45) is 2.42. The van der Waals surface area contributed by atoms with Crippen molar-refractivity contribution in [1.82, 2.24) is 5.32 Å². The van der Waals surface area contributed by atoms with E-state index in [2.05, 4.69) is 52.1 Å². The van der Waals surface area contributed by atoms with E-state index in [1.165, 1.54) is 18.4 Å². The standard InChI is InChI=1S/C17H28ClN/c1-13(2)10-11-14(12-19-17(3,4)5)15-8-6-7-9-16(15)18/h6-9,13-14,19H,10-12H2,1-5H3. The van der Waals surface area contributed by atoms with E-state index < -0.39 is 0 Å². The van der Waals surface area contributed by atoms with Gasteiger partial charge in [-0.1, -0.05) is 50.1 Å². The Hall–Kier alpha value is -0.530. The highest BCUT2D eigenvalue weighted by Gasteiger charge is 2.18. The molecular formula is C17H28ClN. The number of hydrogen-bond donors (Lipinski definition) is 1. The molecule has 1 aromatic carbocycles. The smallest absolute Gasteiger partial charge is 0.0441 e. The van der Waals surface area contributed by atoms with Gasteiger partial charge in [-0.15, -0.1) is 0 Å². The predicted molar refractivity (Wildman–Crippen MR) is 86.0 cm³/mol. The summed E-state index contributed by atoms with van der Waals surface area (Å²) in [5.41, 5.74) is 1.43. The molecule has 19 heavy (non-hydrogen) atoms. The van der Waals surface area contributed by atoms with E-state index in [1.54, 1.807) is 0 Å². The van der Waals surface area contributed by atoms with Crippen molar-refractivity contribution < 1.29 is 0 Å². The maximum atomic E-state index is 6.36. The largest absolute Gasteiger partial charge is 0.311 e. The maximum absolute atomic E-state index is 6.36. The van der Waals surface area contributed by atoms with E-state index >= 15 is 0 Å². The van der Waals surface area contributed by atoms with Crippen LogP contribution < -0.4 is 5.32 Å². The molecule has 0 aliphatic rings. The molecule has 1 unspecified atom stereocenters. The van der Waals surface area contributed by atoms with Crippen LogP contribution in [0.5, 0.6) is 0 Å². The molecule has 0 saturated carbocycles. The summed E-state index contributed by atoms with van der Waals surface area (Å²) >= 11 is 6.36. The third-order valence-corrected chi connectivity index (χ3v) is 3.66. The Balaban J connectivity index is 2.77. The molecular weight excluding hydrogens is 254 g/mol. The van der Waals surface area contributed by atoms with Crippen molar-refractivity contribution in [2.75, 3.05) is 6.54 Å². The Morgan fingerprint density at radius 3 is 2.26 bits per heavy atom. The summed E-state index contributed by atoms with van der Waals surface area (Å²) in [5, 5.41) is 4.51. The molecule has 108 valence electrons. The average Bonchev–Trinajstić information content (AvgIpc) is 2.29. The second kappa shape index (κ2) is 7.31. The molecule has 0 amide bonds. The number of rotatable bonds is 6. The van der Waals surface area contributed by atoms with Crippen molar-refractivity contribution in [3.8, 4) is 0 Å². The SMILES string of the molecule is CC(C)CCC(CNC(C)(C)C)c1ccccc1Cl. The first-order chi connectivity index (χ1) is 8.79. The summed E-state index contributed by atoms with van der Waals surface area (Å²) in [6.45, 7) is 12.2. The number of hydrogen-bond acceptors (Lipinski definition) is 1. The molecule has 0 spiro atoms. The third kappa shape index (κ3) is 6.44. The first-order valence-electron chi connectivity index (χ1n) is 7.29. The van der Waals surface area contributed by atoms with Crippen LogP contribution in [0.25, 0.3) is 0 Å². The number of nitrogens with one attached hydrogen (secondary N) is 1. The molecule has 0 bridgehead atoms. The zero-order valence-electron chi connectivity index (χ0n) is 13.0. The fourth-order valence-electron chi connectivity index (χ4n) is 2.14. The van der Waals surface area contributed by atoms with Gasteiger partial charge in [0.05, 0.1) is 0 Å². The van der Waals surface area contributed by atoms with Gasteiger partial charge < -0.3 is 5.32 Å². The molecule has 0 aliphatic heterocycles. The van der Waals surface area contributed by atoms with Crippen LogP contribution in [0.4, 0.5) is 0 Å². The average molecular weight is 282 g/mol. The molecule has 0 aromatic heterocycles. The van der Waals surface area contributed by atoms with Crippen molar-refractivity contribution in [1.29, 1.82) is 0 Å². The van der Waals surface area contributed by atoms with E-state index in [0.717, 1.165) is 17.5 Å². The molecule has 0 aliphatic carbocycles. The van der Waals surface area contributed by atoms with Gasteiger partial charge in [-0.3, -0.25) is 0 Å². The summed E-state index contributed by atoms with van der Waals surface area (Å²) in [6, 6.07) is 8.25. The molecule has 1 rings (SSSR count). The molecule has 1 aromatic rings. The Kier molecular flexibility index (Phi) is 6.35. The van der Waals surface area contributed by atoms with E-state index in [0.29, 0.717) is 5.92 Å². The summed E-state index contributed by atoms with van der Waals surface area (Å²) in [7, 11) is 0. The molecule has 1 atom stereocenters. The van der Waals surface area contributed by atoms with Gasteiger partial charge in [0.25, 0.3) is 0 Å². The van der Waals surface area contributed by atoms with Crippen LogP contribution in [0.1, 0.15) is 58.9 Å². The second-order valence-corrected chi connectivity index (χ2v) is 7.23. The van der Waals surface area contributed by atoms with Gasteiger partial charge in [-0.25, -0.2) is 0 Å². The van der Waals surface area contributed by atoms with Gasteiger partial charge in [0.2, 0.25) is 0 Å². The summed E-state index contributed by atoms with van der Waals surface area (Å²) in [4.78, 5) is 0. The van der Waals surface area contributed by atoms with Crippen LogP contribution >= 0.6 is 11.6 Å². The van der Waals surface area contributed by atoms with Gasteiger partial charge in [-0.2, -0.15) is 0 Å². The monoisotopic (exact) mass is 281 g/mol. The Labute approximate surface area is 123 Å². The fourth-order valence-corrected chi connectivity index (χ4v) is 2.43. The van der Waals surface area contributed by atoms with E-state index in [9.17, 15) is 0 Å². The van der Waals surface area contributed by atoms with Crippen molar-refractivity contribution in [2.45, 2.75) is 58.9 Å². The van der Waals surface area contributed by atoms with Crippen LogP contribution in [0.15, 0.2) is 24.3 Å². The summed E-state index contributed by atoms with van der Waals surface area (Å²) < 4.78 is 0. The highest BCUT2D eigenvalue weighted by molar-refractivity contribution is 6.31. The molecule has 0 saturated heterocycles. The normalized spacial score (nSPS) is 13.8. The summed E-state index contributed by atoms with van der Waals surface area (Å²) in [5.74, 6) is 1.23. The maximum Gasteiger partial charge on any atom is 0.0441 e. The molecule has 1 nitrogen and oxygen atoms in total. The molecule has 0 heterocycles. The van der Waals surface area contributed by atoms with E-state index in [4.69, 9.17) is 11.6 Å². The lowest BCUT2D eigenvalue weighted by Crippen LogP contribution is -2.38. The highest BCUT2D eigenvalue weighted by Crippen LogP contribution is 2.29. The zero-order valence-corrected chi connectivity index (χ0v) is 13.7. The number of halogens is 1. The highest BCUT2D eigenvalue weighted by atomic mass is 35.5. The topological polar surface area (TPSA) is 12.0 Å². The second-order valence-electron chi connectivity index (χ2n) is 6.82. The van der Waals surface area contributed by atoms with Gasteiger partial charge >= 0.3 is 0 Å². The minimum Gasteiger partial charge on any atom is -0.311 e. The lowest BCUT2D eigenvalue weighted by Gasteiger charge is -2.26. The molecule has 1 N–H and O–H groups in total. The fraction of sp³-hybridized carbons (Fsp3) is 0.647. The van der Waals surface area contributed by atoms with Gasteiger partial charge in [0.1, 0.15) is 0 Å². The predicted octanol–water partition coefficient (Wildman–Crippen LogP) is 5.25. The van der Waals surface area contributed by atoms with Crippen LogP contribution in [0.3, 0.4) is 0 Å².